The Balaban J connectivity index is 1.86. The number of rotatable bonds is 3. The van der Waals surface area contributed by atoms with E-state index in [0.717, 1.165) is 11.6 Å². The summed E-state index contributed by atoms with van der Waals surface area (Å²) >= 11 is 1.88. The summed E-state index contributed by atoms with van der Waals surface area (Å²) in [5.74, 6) is 0. The van der Waals surface area contributed by atoms with Gasteiger partial charge in [0, 0.05) is 30.7 Å². The summed E-state index contributed by atoms with van der Waals surface area (Å²) in [6, 6.07) is 9.18. The first-order valence-electron chi connectivity index (χ1n) is 6.68. The molecule has 1 aliphatic rings. The molecule has 19 heavy (non-hydrogen) atoms. The minimum absolute atomic E-state index is 0.409. The number of thioether (sulfide) groups is 1. The van der Waals surface area contributed by atoms with Crippen LogP contribution in [0, 0.1) is 0 Å². The molecule has 2 atom stereocenters. The maximum absolute atomic E-state index is 4.43. The van der Waals surface area contributed by atoms with Gasteiger partial charge in [-0.25, -0.2) is 4.98 Å². The molecule has 2 aromatic rings. The molecule has 0 saturated carbocycles. The third-order valence-electron chi connectivity index (χ3n) is 3.80. The van der Waals surface area contributed by atoms with Crippen molar-refractivity contribution in [2.24, 2.45) is 7.05 Å². The van der Waals surface area contributed by atoms with Crippen LogP contribution in [-0.4, -0.2) is 21.8 Å². The number of hydrogen-bond acceptors (Lipinski definition) is 3. The van der Waals surface area contributed by atoms with Gasteiger partial charge in [-0.2, -0.15) is 0 Å². The predicted molar refractivity (Wildman–Crippen MR) is 79.4 cm³/mol. The smallest absolute Gasteiger partial charge is 0.168 e. The Morgan fingerprint density at radius 2 is 2.21 bits per heavy atom. The molecule has 0 aliphatic heterocycles. The summed E-state index contributed by atoms with van der Waals surface area (Å²) in [6.45, 7) is 0. The van der Waals surface area contributed by atoms with Crippen LogP contribution in [0.3, 0.4) is 0 Å². The van der Waals surface area contributed by atoms with Crippen LogP contribution in [-0.2, 0) is 13.5 Å². The van der Waals surface area contributed by atoms with Crippen molar-refractivity contribution in [1.82, 2.24) is 14.9 Å². The zero-order valence-corrected chi connectivity index (χ0v) is 12.2. The molecule has 3 rings (SSSR count). The number of hydrogen-bond donors (Lipinski definition) is 1. The van der Waals surface area contributed by atoms with Crippen molar-refractivity contribution in [3.05, 3.63) is 47.8 Å². The molecule has 1 aromatic heterocycles. The normalized spacial score (nSPS) is 22.2. The highest BCUT2D eigenvalue weighted by molar-refractivity contribution is 7.99. The number of nitrogens with zero attached hydrogens (tertiary/aromatic N) is 2. The maximum atomic E-state index is 4.43. The zero-order chi connectivity index (χ0) is 13.2. The van der Waals surface area contributed by atoms with Crippen LogP contribution >= 0.6 is 11.8 Å². The first-order chi connectivity index (χ1) is 9.29. The number of aromatic nitrogens is 2. The fourth-order valence-electron chi connectivity index (χ4n) is 2.80. The molecule has 1 N–H and O–H groups in total. The minimum atomic E-state index is 0.409. The van der Waals surface area contributed by atoms with Crippen molar-refractivity contribution < 1.29 is 0 Å². The van der Waals surface area contributed by atoms with E-state index in [1.54, 1.807) is 0 Å². The van der Waals surface area contributed by atoms with E-state index < -0.39 is 0 Å². The Kier molecular flexibility index (Phi) is 3.62. The molecule has 3 nitrogen and oxygen atoms in total. The van der Waals surface area contributed by atoms with Crippen molar-refractivity contribution >= 4 is 11.8 Å². The number of aryl methyl sites for hydroxylation is 2. The summed E-state index contributed by atoms with van der Waals surface area (Å²) in [6.07, 6.45) is 6.23. The van der Waals surface area contributed by atoms with E-state index in [1.165, 1.54) is 17.5 Å². The second kappa shape index (κ2) is 5.39. The molecular formula is C15H19N3S. The molecule has 1 aromatic carbocycles. The molecule has 100 valence electrons. The van der Waals surface area contributed by atoms with Crippen molar-refractivity contribution in [2.45, 2.75) is 29.3 Å². The van der Waals surface area contributed by atoms with Gasteiger partial charge in [0.2, 0.25) is 0 Å². The molecule has 1 heterocycles. The third kappa shape index (κ3) is 2.42. The van der Waals surface area contributed by atoms with E-state index in [4.69, 9.17) is 0 Å². The van der Waals surface area contributed by atoms with Crippen LogP contribution < -0.4 is 5.32 Å². The molecule has 4 heteroatoms. The minimum Gasteiger partial charge on any atom is -0.329 e. The molecule has 1 aliphatic carbocycles. The van der Waals surface area contributed by atoms with Gasteiger partial charge in [-0.1, -0.05) is 36.0 Å². The standard InChI is InChI=1S/C15H19N3S/c1-16-14-12-6-4-3-5-11(12)7-8-13(14)19-15-17-9-10-18(15)2/h3-6,9-10,13-14,16H,7-8H2,1-2H3. The van der Waals surface area contributed by atoms with E-state index in [1.807, 2.05) is 24.2 Å². The van der Waals surface area contributed by atoms with Crippen molar-refractivity contribution in [2.75, 3.05) is 7.05 Å². The largest absolute Gasteiger partial charge is 0.329 e. The highest BCUT2D eigenvalue weighted by atomic mass is 32.2. The Morgan fingerprint density at radius 1 is 1.37 bits per heavy atom. The number of fused-ring (bicyclic) bond motifs is 1. The molecule has 0 amide bonds. The summed E-state index contributed by atoms with van der Waals surface area (Å²) < 4.78 is 2.10. The lowest BCUT2D eigenvalue weighted by atomic mass is 9.87. The summed E-state index contributed by atoms with van der Waals surface area (Å²) in [5.41, 5.74) is 2.93. The summed E-state index contributed by atoms with van der Waals surface area (Å²) in [4.78, 5) is 4.43. The SMILES string of the molecule is CNC1c2ccccc2CCC1Sc1nccn1C. The lowest BCUT2D eigenvalue weighted by Gasteiger charge is -2.32. The topological polar surface area (TPSA) is 29.9 Å². The van der Waals surface area contributed by atoms with Crippen LogP contribution in [0.4, 0.5) is 0 Å². The molecule has 2 unspecified atom stereocenters. The number of benzene rings is 1. The van der Waals surface area contributed by atoms with Gasteiger partial charge in [-0.05, 0) is 31.0 Å². The first kappa shape index (κ1) is 12.8. The van der Waals surface area contributed by atoms with Gasteiger partial charge in [0.05, 0.1) is 0 Å². The lowest BCUT2D eigenvalue weighted by Crippen LogP contribution is -2.32. The molecule has 0 bridgehead atoms. The predicted octanol–water partition coefficient (Wildman–Crippen LogP) is 2.79. The van der Waals surface area contributed by atoms with Crippen LogP contribution in [0.1, 0.15) is 23.6 Å². The Labute approximate surface area is 118 Å². The molecular weight excluding hydrogens is 254 g/mol. The average Bonchev–Trinajstić information content (AvgIpc) is 2.84. The average molecular weight is 273 g/mol. The van der Waals surface area contributed by atoms with Crippen LogP contribution in [0.15, 0.2) is 41.8 Å². The Morgan fingerprint density at radius 3 is 2.95 bits per heavy atom. The zero-order valence-electron chi connectivity index (χ0n) is 11.3. The van der Waals surface area contributed by atoms with E-state index >= 15 is 0 Å². The molecule has 0 fully saturated rings. The Hall–Kier alpha value is -1.26. The monoisotopic (exact) mass is 273 g/mol. The summed E-state index contributed by atoms with van der Waals surface area (Å²) in [5, 5.41) is 5.13. The lowest BCUT2D eigenvalue weighted by molar-refractivity contribution is 0.509. The maximum Gasteiger partial charge on any atom is 0.168 e. The summed E-state index contributed by atoms with van der Waals surface area (Å²) in [7, 11) is 4.11. The van der Waals surface area contributed by atoms with Gasteiger partial charge < -0.3 is 9.88 Å². The molecule has 0 saturated heterocycles. The van der Waals surface area contributed by atoms with Gasteiger partial charge in [0.25, 0.3) is 0 Å². The van der Waals surface area contributed by atoms with Crippen molar-refractivity contribution in [1.29, 1.82) is 0 Å². The first-order valence-corrected chi connectivity index (χ1v) is 7.56. The fraction of sp³-hybridized carbons (Fsp3) is 0.400. The van der Waals surface area contributed by atoms with E-state index in [0.29, 0.717) is 11.3 Å². The second-order valence-corrected chi connectivity index (χ2v) is 6.19. The van der Waals surface area contributed by atoms with Gasteiger partial charge in [-0.15, -0.1) is 0 Å². The molecule has 0 spiro atoms. The van der Waals surface area contributed by atoms with Gasteiger partial charge in [0.15, 0.2) is 5.16 Å². The Bertz CT molecular complexity index is 564. The van der Waals surface area contributed by atoms with Gasteiger partial charge in [-0.3, -0.25) is 0 Å². The van der Waals surface area contributed by atoms with Crippen LogP contribution in [0.5, 0.6) is 0 Å². The highest BCUT2D eigenvalue weighted by Gasteiger charge is 2.29. The van der Waals surface area contributed by atoms with E-state index in [2.05, 4.69) is 53.2 Å². The van der Waals surface area contributed by atoms with Gasteiger partial charge >= 0.3 is 0 Å². The number of nitrogens with one attached hydrogen (secondary N) is 1. The van der Waals surface area contributed by atoms with E-state index in [-0.39, 0.29) is 0 Å². The third-order valence-corrected chi connectivity index (χ3v) is 5.22. The van der Waals surface area contributed by atoms with Crippen LogP contribution in [0.2, 0.25) is 0 Å². The van der Waals surface area contributed by atoms with Crippen LogP contribution in [0.25, 0.3) is 0 Å². The second-order valence-electron chi connectivity index (χ2n) is 4.98. The van der Waals surface area contributed by atoms with Crippen molar-refractivity contribution in [3.63, 3.8) is 0 Å². The number of imidazole rings is 1. The van der Waals surface area contributed by atoms with E-state index in [9.17, 15) is 0 Å². The fourth-order valence-corrected chi connectivity index (χ4v) is 4.07. The van der Waals surface area contributed by atoms with Crippen molar-refractivity contribution in [3.8, 4) is 0 Å². The highest BCUT2D eigenvalue weighted by Crippen LogP contribution is 2.39. The molecule has 0 radical (unpaired) electrons. The quantitative estimate of drug-likeness (QED) is 0.932. The van der Waals surface area contributed by atoms with Gasteiger partial charge in [0.1, 0.15) is 0 Å².